The van der Waals surface area contributed by atoms with E-state index >= 15 is 0 Å². The molecule has 1 fully saturated rings. The predicted molar refractivity (Wildman–Crippen MR) is 95.1 cm³/mol. The number of unbranched alkanes of at least 4 members (excludes halogenated alkanes) is 1. The molecule has 1 aliphatic heterocycles. The van der Waals surface area contributed by atoms with Crippen LogP contribution in [0.4, 0.5) is 0 Å². The summed E-state index contributed by atoms with van der Waals surface area (Å²) in [5.74, 6) is 0.345. The molecule has 0 aromatic heterocycles. The summed E-state index contributed by atoms with van der Waals surface area (Å²) in [7, 11) is 0. The van der Waals surface area contributed by atoms with Gasteiger partial charge in [-0.1, -0.05) is 47.5 Å². The summed E-state index contributed by atoms with van der Waals surface area (Å²) < 4.78 is 0.971. The first-order chi connectivity index (χ1) is 11.1. The minimum Gasteiger partial charge on any atom is -0.356 e. The molecule has 1 saturated heterocycles. The van der Waals surface area contributed by atoms with Gasteiger partial charge < -0.3 is 10.2 Å². The van der Waals surface area contributed by atoms with E-state index < -0.39 is 0 Å². The molecule has 0 saturated carbocycles. The zero-order valence-electron chi connectivity index (χ0n) is 13.7. The number of nitrogens with one attached hydrogen (secondary N) is 1. The van der Waals surface area contributed by atoms with E-state index in [9.17, 15) is 9.59 Å². The summed E-state index contributed by atoms with van der Waals surface area (Å²) in [4.78, 5) is 26.4. The van der Waals surface area contributed by atoms with Crippen LogP contribution in [0.25, 0.3) is 0 Å². The number of rotatable bonds is 6. The van der Waals surface area contributed by atoms with Crippen molar-refractivity contribution in [2.45, 2.75) is 39.0 Å². The van der Waals surface area contributed by atoms with E-state index in [4.69, 9.17) is 0 Å². The lowest BCUT2D eigenvalue weighted by atomic mass is 9.95. The van der Waals surface area contributed by atoms with Gasteiger partial charge in [-0.3, -0.25) is 9.59 Å². The van der Waals surface area contributed by atoms with Crippen molar-refractivity contribution in [1.29, 1.82) is 0 Å². The Morgan fingerprint density at radius 1 is 1.26 bits per heavy atom. The van der Waals surface area contributed by atoms with Crippen LogP contribution in [-0.4, -0.2) is 36.3 Å². The SMILES string of the molecule is CCCCNC(=O)C1CCN(C(=O)Cc2ccccc2Br)CC1. The molecule has 2 amide bonds. The van der Waals surface area contributed by atoms with Crippen molar-refractivity contribution in [2.75, 3.05) is 19.6 Å². The van der Waals surface area contributed by atoms with Crippen molar-refractivity contribution in [1.82, 2.24) is 10.2 Å². The number of amides is 2. The lowest BCUT2D eigenvalue weighted by molar-refractivity contribution is -0.135. The van der Waals surface area contributed by atoms with Gasteiger partial charge in [-0.25, -0.2) is 0 Å². The fraction of sp³-hybridized carbons (Fsp3) is 0.556. The molecule has 1 heterocycles. The standard InChI is InChI=1S/C18H25BrN2O2/c1-2-3-10-20-18(23)14-8-11-21(12-9-14)17(22)13-15-6-4-5-7-16(15)19/h4-7,14H,2-3,8-13H2,1H3,(H,20,23). The minimum absolute atomic E-state index is 0.0550. The molecular weight excluding hydrogens is 356 g/mol. The number of carbonyl (C=O) groups excluding carboxylic acids is 2. The van der Waals surface area contributed by atoms with Gasteiger partial charge in [0.05, 0.1) is 6.42 Å². The van der Waals surface area contributed by atoms with Gasteiger partial charge in [0.2, 0.25) is 11.8 Å². The third kappa shape index (κ3) is 5.34. The highest BCUT2D eigenvalue weighted by atomic mass is 79.9. The molecule has 1 aliphatic rings. The van der Waals surface area contributed by atoms with Gasteiger partial charge in [0.25, 0.3) is 0 Å². The molecule has 2 rings (SSSR count). The summed E-state index contributed by atoms with van der Waals surface area (Å²) >= 11 is 3.48. The van der Waals surface area contributed by atoms with Crippen LogP contribution in [0.5, 0.6) is 0 Å². The monoisotopic (exact) mass is 380 g/mol. The fourth-order valence-electron chi connectivity index (χ4n) is 2.84. The zero-order valence-corrected chi connectivity index (χ0v) is 15.3. The second-order valence-corrected chi connectivity index (χ2v) is 6.92. The average molecular weight is 381 g/mol. The summed E-state index contributed by atoms with van der Waals surface area (Å²) in [5, 5.41) is 3.00. The molecule has 1 aromatic carbocycles. The van der Waals surface area contributed by atoms with Crippen LogP contribution in [0.2, 0.25) is 0 Å². The second-order valence-electron chi connectivity index (χ2n) is 6.07. The first kappa shape index (κ1) is 18.0. The molecule has 4 nitrogen and oxygen atoms in total. The maximum Gasteiger partial charge on any atom is 0.227 e. The Labute approximate surface area is 146 Å². The number of carbonyl (C=O) groups is 2. The lowest BCUT2D eigenvalue weighted by Gasteiger charge is -2.31. The van der Waals surface area contributed by atoms with E-state index in [1.54, 1.807) is 0 Å². The normalized spacial score (nSPS) is 15.5. The molecule has 0 bridgehead atoms. The van der Waals surface area contributed by atoms with E-state index in [1.807, 2.05) is 29.2 Å². The molecule has 0 atom stereocenters. The van der Waals surface area contributed by atoms with Crippen LogP contribution >= 0.6 is 15.9 Å². The van der Waals surface area contributed by atoms with Gasteiger partial charge >= 0.3 is 0 Å². The topological polar surface area (TPSA) is 49.4 Å². The van der Waals surface area contributed by atoms with Crippen molar-refractivity contribution in [3.05, 3.63) is 34.3 Å². The first-order valence-electron chi connectivity index (χ1n) is 8.40. The Morgan fingerprint density at radius 3 is 2.61 bits per heavy atom. The van der Waals surface area contributed by atoms with Gasteiger partial charge in [-0.15, -0.1) is 0 Å². The van der Waals surface area contributed by atoms with Gasteiger partial charge in [-0.2, -0.15) is 0 Å². The molecule has 126 valence electrons. The minimum atomic E-state index is 0.0550. The summed E-state index contributed by atoms with van der Waals surface area (Å²) in [6.07, 6.45) is 4.05. The number of hydrogen-bond acceptors (Lipinski definition) is 2. The second kappa shape index (κ2) is 9.06. The summed E-state index contributed by atoms with van der Waals surface area (Å²) in [5.41, 5.74) is 1.01. The van der Waals surface area contributed by atoms with Crippen molar-refractivity contribution < 1.29 is 9.59 Å². The molecule has 1 N–H and O–H groups in total. The molecular formula is C18H25BrN2O2. The van der Waals surface area contributed by atoms with Crippen molar-refractivity contribution in [3.8, 4) is 0 Å². The van der Waals surface area contributed by atoms with Crippen molar-refractivity contribution in [3.63, 3.8) is 0 Å². The van der Waals surface area contributed by atoms with Crippen LogP contribution in [0.1, 0.15) is 38.2 Å². The Bertz CT molecular complexity index is 540. The van der Waals surface area contributed by atoms with Crippen molar-refractivity contribution in [2.24, 2.45) is 5.92 Å². The van der Waals surface area contributed by atoms with E-state index in [0.717, 1.165) is 42.3 Å². The third-order valence-corrected chi connectivity index (χ3v) is 5.12. The van der Waals surface area contributed by atoms with Gasteiger partial charge in [0, 0.05) is 30.0 Å². The van der Waals surface area contributed by atoms with Crippen LogP contribution in [-0.2, 0) is 16.0 Å². The fourth-order valence-corrected chi connectivity index (χ4v) is 3.27. The smallest absolute Gasteiger partial charge is 0.227 e. The zero-order chi connectivity index (χ0) is 16.7. The molecule has 23 heavy (non-hydrogen) atoms. The number of likely N-dealkylation sites (tertiary alicyclic amines) is 1. The van der Waals surface area contributed by atoms with Crippen LogP contribution < -0.4 is 5.32 Å². The number of halogens is 1. The van der Waals surface area contributed by atoms with Gasteiger partial charge in [0.15, 0.2) is 0 Å². The lowest BCUT2D eigenvalue weighted by Crippen LogP contribution is -2.43. The van der Waals surface area contributed by atoms with E-state index in [0.29, 0.717) is 19.5 Å². The number of benzene rings is 1. The molecule has 1 aromatic rings. The molecule has 5 heteroatoms. The van der Waals surface area contributed by atoms with E-state index in [1.165, 1.54) is 0 Å². The largest absolute Gasteiger partial charge is 0.356 e. The Morgan fingerprint density at radius 2 is 1.96 bits per heavy atom. The highest BCUT2D eigenvalue weighted by molar-refractivity contribution is 9.10. The highest BCUT2D eigenvalue weighted by Gasteiger charge is 2.27. The molecule has 0 aliphatic carbocycles. The van der Waals surface area contributed by atoms with E-state index in [2.05, 4.69) is 28.2 Å². The maximum atomic E-state index is 12.4. The van der Waals surface area contributed by atoms with Crippen LogP contribution in [0, 0.1) is 5.92 Å². The highest BCUT2D eigenvalue weighted by Crippen LogP contribution is 2.21. The number of piperidine rings is 1. The number of hydrogen-bond donors (Lipinski definition) is 1. The van der Waals surface area contributed by atoms with Gasteiger partial charge in [0.1, 0.15) is 0 Å². The van der Waals surface area contributed by atoms with Crippen LogP contribution in [0.15, 0.2) is 28.7 Å². The Balaban J connectivity index is 1.78. The third-order valence-electron chi connectivity index (χ3n) is 4.35. The molecule has 0 spiro atoms. The molecule has 0 unspecified atom stereocenters. The van der Waals surface area contributed by atoms with Crippen molar-refractivity contribution >= 4 is 27.7 Å². The van der Waals surface area contributed by atoms with Crippen LogP contribution in [0.3, 0.4) is 0 Å². The summed E-state index contributed by atoms with van der Waals surface area (Å²) in [6.45, 7) is 4.22. The maximum absolute atomic E-state index is 12.4. The summed E-state index contributed by atoms with van der Waals surface area (Å²) in [6, 6.07) is 7.81. The quantitative estimate of drug-likeness (QED) is 0.770. The molecule has 0 radical (unpaired) electrons. The van der Waals surface area contributed by atoms with Gasteiger partial charge in [-0.05, 0) is 30.9 Å². The average Bonchev–Trinajstić information content (AvgIpc) is 2.57. The number of nitrogens with zero attached hydrogens (tertiary/aromatic N) is 1. The first-order valence-corrected chi connectivity index (χ1v) is 9.20. The van der Waals surface area contributed by atoms with E-state index in [-0.39, 0.29) is 17.7 Å². The Kier molecular flexibility index (Phi) is 7.09. The predicted octanol–water partition coefficient (Wildman–Crippen LogP) is 3.15. The Hall–Kier alpha value is -1.36.